The van der Waals surface area contributed by atoms with Crippen molar-refractivity contribution in [2.45, 2.75) is 6.92 Å². The Balaban J connectivity index is 2.96. The lowest BCUT2D eigenvalue weighted by Crippen LogP contribution is -2.09. The summed E-state index contributed by atoms with van der Waals surface area (Å²) in [5.41, 5.74) is 3.15. The maximum atomic E-state index is 3.87. The molecule has 0 fully saturated rings. The van der Waals surface area contributed by atoms with Gasteiger partial charge < -0.3 is 5.32 Å². The highest BCUT2D eigenvalue weighted by atomic mass is 14.9. The quantitative estimate of drug-likeness (QED) is 0.615. The maximum absolute atomic E-state index is 3.87. The molecule has 1 aliphatic heterocycles. The third-order valence-electron chi connectivity index (χ3n) is 1.69. The average Bonchev–Trinajstić information content (AvgIpc) is 2.04. The third-order valence-corrected chi connectivity index (χ3v) is 1.69. The number of allylic oxidation sites excluding steroid dienone is 3. The topological polar surface area (TPSA) is 24.4 Å². The van der Waals surface area contributed by atoms with E-state index >= 15 is 0 Å². The molecule has 1 heterocycles. The van der Waals surface area contributed by atoms with Crippen LogP contribution in [0.2, 0.25) is 0 Å². The van der Waals surface area contributed by atoms with Gasteiger partial charge in [-0.2, -0.15) is 0 Å². The van der Waals surface area contributed by atoms with E-state index in [1.54, 1.807) is 6.20 Å². The molecular formula is C10H12N2. The molecule has 0 spiro atoms. The molecule has 0 bridgehead atoms. The van der Waals surface area contributed by atoms with Gasteiger partial charge >= 0.3 is 0 Å². The van der Waals surface area contributed by atoms with E-state index < -0.39 is 0 Å². The molecular weight excluding hydrogens is 148 g/mol. The predicted octanol–water partition coefficient (Wildman–Crippen LogP) is 2.15. The Bertz CT molecular complexity index is 293. The fourth-order valence-corrected chi connectivity index (χ4v) is 1.03. The van der Waals surface area contributed by atoms with Crippen LogP contribution in [0.5, 0.6) is 0 Å². The van der Waals surface area contributed by atoms with Crippen LogP contribution in [0.25, 0.3) is 0 Å². The number of hydrogen-bond acceptors (Lipinski definition) is 2. The highest BCUT2D eigenvalue weighted by Crippen LogP contribution is 2.17. The highest BCUT2D eigenvalue weighted by molar-refractivity contribution is 5.47. The number of rotatable bonds is 2. The molecule has 0 atom stereocenters. The average molecular weight is 160 g/mol. The van der Waals surface area contributed by atoms with Gasteiger partial charge in [-0.3, -0.25) is 4.99 Å². The Morgan fingerprint density at radius 1 is 1.58 bits per heavy atom. The molecule has 12 heavy (non-hydrogen) atoms. The van der Waals surface area contributed by atoms with Crippen LogP contribution in [0.1, 0.15) is 6.92 Å². The van der Waals surface area contributed by atoms with Crippen LogP contribution in [0.4, 0.5) is 0 Å². The van der Waals surface area contributed by atoms with E-state index in [1.165, 1.54) is 5.57 Å². The second-order valence-electron chi connectivity index (χ2n) is 2.55. The Morgan fingerprint density at radius 2 is 2.33 bits per heavy atom. The van der Waals surface area contributed by atoms with Crippen molar-refractivity contribution < 1.29 is 0 Å². The van der Waals surface area contributed by atoms with Gasteiger partial charge in [0.1, 0.15) is 0 Å². The van der Waals surface area contributed by atoms with Crippen LogP contribution in [0.15, 0.2) is 53.0 Å². The number of aliphatic imine (C=N–C) groups is 1. The van der Waals surface area contributed by atoms with Crippen LogP contribution in [0, 0.1) is 0 Å². The van der Waals surface area contributed by atoms with Gasteiger partial charge in [0.05, 0.1) is 0 Å². The summed E-state index contributed by atoms with van der Waals surface area (Å²) in [7, 11) is 0. The summed E-state index contributed by atoms with van der Waals surface area (Å²) < 4.78 is 0. The van der Waals surface area contributed by atoms with Gasteiger partial charge in [0, 0.05) is 23.7 Å². The van der Waals surface area contributed by atoms with E-state index in [1.807, 2.05) is 25.3 Å². The molecule has 2 nitrogen and oxygen atoms in total. The molecule has 2 heteroatoms. The smallest absolute Gasteiger partial charge is 0.0383 e. The van der Waals surface area contributed by atoms with Crippen LogP contribution < -0.4 is 5.32 Å². The molecule has 62 valence electrons. The summed E-state index contributed by atoms with van der Waals surface area (Å²) in [5, 5.41) is 3.03. The molecule has 0 aromatic carbocycles. The monoisotopic (exact) mass is 160 g/mol. The first-order valence-corrected chi connectivity index (χ1v) is 3.71. The molecule has 0 saturated heterocycles. The fraction of sp³-hybridized carbons (Fsp3) is 0.100. The number of dihydropyridines is 1. The zero-order valence-corrected chi connectivity index (χ0v) is 7.17. The van der Waals surface area contributed by atoms with E-state index in [-0.39, 0.29) is 0 Å². The van der Waals surface area contributed by atoms with Crippen molar-refractivity contribution in [1.29, 1.82) is 0 Å². The summed E-state index contributed by atoms with van der Waals surface area (Å²) in [5.74, 6) is 0. The summed E-state index contributed by atoms with van der Waals surface area (Å²) in [6, 6.07) is 0. The predicted molar refractivity (Wildman–Crippen MR) is 52.8 cm³/mol. The van der Waals surface area contributed by atoms with Crippen LogP contribution in [-0.4, -0.2) is 6.72 Å². The maximum Gasteiger partial charge on any atom is 0.0383 e. The summed E-state index contributed by atoms with van der Waals surface area (Å²) >= 11 is 0. The van der Waals surface area contributed by atoms with Crippen molar-refractivity contribution in [3.63, 3.8) is 0 Å². The van der Waals surface area contributed by atoms with Gasteiger partial charge in [-0.15, -0.1) is 0 Å². The van der Waals surface area contributed by atoms with Gasteiger partial charge in [0.2, 0.25) is 0 Å². The molecule has 0 amide bonds. The molecule has 1 N–H and O–H groups in total. The fourth-order valence-electron chi connectivity index (χ4n) is 1.03. The summed E-state index contributed by atoms with van der Waals surface area (Å²) in [4.78, 5) is 3.64. The standard InChI is InChI=1S/C10H12N2/c1-8-4-7-12-9(2)10(8)5-6-11-3/h4-7,12H,2-3H2,1H3/b6-5-. The number of nitrogens with one attached hydrogen (secondary N) is 1. The van der Waals surface area contributed by atoms with Gasteiger partial charge in [-0.25, -0.2) is 0 Å². The van der Waals surface area contributed by atoms with E-state index in [0.717, 1.165) is 11.3 Å². The Labute approximate surface area is 72.7 Å². The van der Waals surface area contributed by atoms with Crippen molar-refractivity contribution in [3.05, 3.63) is 48.0 Å². The summed E-state index contributed by atoms with van der Waals surface area (Å²) in [6.45, 7) is 9.27. The minimum atomic E-state index is 0.898. The largest absolute Gasteiger partial charge is 0.362 e. The normalized spacial score (nSPS) is 16.9. The van der Waals surface area contributed by atoms with Crippen LogP contribution >= 0.6 is 0 Å². The zero-order valence-electron chi connectivity index (χ0n) is 7.17. The highest BCUT2D eigenvalue weighted by Gasteiger charge is 2.04. The SMILES string of the molecule is C=N/C=C\C1=C(C)C=CNC1=C. The van der Waals surface area contributed by atoms with Crippen molar-refractivity contribution in [1.82, 2.24) is 5.32 Å². The van der Waals surface area contributed by atoms with Crippen molar-refractivity contribution >= 4 is 6.72 Å². The number of hydrogen-bond donors (Lipinski definition) is 1. The lowest BCUT2D eigenvalue weighted by molar-refractivity contribution is 1.05. The van der Waals surface area contributed by atoms with Crippen LogP contribution in [0.3, 0.4) is 0 Å². The lowest BCUT2D eigenvalue weighted by atomic mass is 10.0. The van der Waals surface area contributed by atoms with E-state index in [0.29, 0.717) is 0 Å². The molecule has 0 unspecified atom stereocenters. The first-order valence-electron chi connectivity index (χ1n) is 3.71. The molecule has 0 aromatic rings. The summed E-state index contributed by atoms with van der Waals surface area (Å²) in [6.07, 6.45) is 7.42. The van der Waals surface area contributed by atoms with E-state index in [2.05, 4.69) is 23.6 Å². The Hall–Kier alpha value is -1.57. The van der Waals surface area contributed by atoms with E-state index in [9.17, 15) is 0 Å². The molecule has 0 aromatic heterocycles. The van der Waals surface area contributed by atoms with Crippen molar-refractivity contribution in [2.24, 2.45) is 4.99 Å². The Morgan fingerprint density at radius 3 is 2.92 bits per heavy atom. The second-order valence-corrected chi connectivity index (χ2v) is 2.55. The lowest BCUT2D eigenvalue weighted by Gasteiger charge is -2.13. The van der Waals surface area contributed by atoms with Crippen molar-refractivity contribution in [2.75, 3.05) is 0 Å². The molecule has 0 saturated carbocycles. The minimum absolute atomic E-state index is 0.898. The zero-order chi connectivity index (χ0) is 8.97. The van der Waals surface area contributed by atoms with Gasteiger partial charge in [-0.1, -0.05) is 6.58 Å². The molecule has 0 radical (unpaired) electrons. The first kappa shape index (κ1) is 8.53. The number of nitrogens with zero attached hydrogens (tertiary/aromatic N) is 1. The molecule has 0 aliphatic carbocycles. The van der Waals surface area contributed by atoms with Gasteiger partial charge in [0.15, 0.2) is 0 Å². The first-order chi connectivity index (χ1) is 5.75. The van der Waals surface area contributed by atoms with Crippen LogP contribution in [-0.2, 0) is 0 Å². The molecule has 1 aliphatic rings. The molecule has 1 rings (SSSR count). The third kappa shape index (κ3) is 1.72. The second kappa shape index (κ2) is 3.72. The Kier molecular flexibility index (Phi) is 2.64. The van der Waals surface area contributed by atoms with E-state index in [4.69, 9.17) is 0 Å². The van der Waals surface area contributed by atoms with Gasteiger partial charge in [-0.05, 0) is 31.4 Å². The van der Waals surface area contributed by atoms with Crippen molar-refractivity contribution in [3.8, 4) is 0 Å². The minimum Gasteiger partial charge on any atom is -0.362 e. The van der Waals surface area contributed by atoms with Gasteiger partial charge in [0.25, 0.3) is 0 Å².